The Balaban J connectivity index is 2.03. The molecule has 0 aliphatic heterocycles. The molecule has 0 radical (unpaired) electrons. The molecule has 0 aliphatic rings. The van der Waals surface area contributed by atoms with Crippen molar-refractivity contribution in [2.45, 2.75) is 39.1 Å². The van der Waals surface area contributed by atoms with Crippen molar-refractivity contribution in [2.75, 3.05) is 4.72 Å². The third-order valence-corrected chi connectivity index (χ3v) is 6.54. The van der Waals surface area contributed by atoms with Gasteiger partial charge < -0.3 is 0 Å². The first-order chi connectivity index (χ1) is 14.3. The Morgan fingerprint density at radius 2 is 1.32 bits per heavy atom. The van der Waals surface area contributed by atoms with Crippen LogP contribution < -0.4 is 4.72 Å². The number of aromatic nitrogens is 4. The Hall–Kier alpha value is -2.96. The van der Waals surface area contributed by atoms with Crippen molar-refractivity contribution in [1.82, 2.24) is 19.6 Å². The number of anilines is 1. The molecule has 2 heterocycles. The van der Waals surface area contributed by atoms with E-state index in [1.807, 2.05) is 0 Å². The van der Waals surface area contributed by atoms with Crippen molar-refractivity contribution in [3.05, 3.63) is 57.4 Å². The molecule has 31 heavy (non-hydrogen) atoms. The molecule has 13 heteroatoms. The second kappa shape index (κ2) is 7.62. The Morgan fingerprint density at radius 1 is 0.806 bits per heavy atom. The van der Waals surface area contributed by atoms with Gasteiger partial charge in [-0.25, -0.2) is 30.4 Å². The molecular weight excluding hydrogens is 445 g/mol. The molecule has 0 bridgehead atoms. The zero-order chi connectivity index (χ0) is 23.4. The molecular formula is C18H18F5N5O2S. The van der Waals surface area contributed by atoms with Crippen LogP contribution in [0.25, 0.3) is 0 Å². The Morgan fingerprint density at radius 3 is 1.81 bits per heavy atom. The van der Waals surface area contributed by atoms with Crippen LogP contribution in [0.3, 0.4) is 0 Å². The van der Waals surface area contributed by atoms with Crippen molar-refractivity contribution in [3.8, 4) is 0 Å². The maximum atomic E-state index is 14.0. The number of nitrogens with one attached hydrogen (secondary N) is 1. The smallest absolute Gasteiger partial charge is 0.265 e. The molecule has 1 aromatic carbocycles. The van der Waals surface area contributed by atoms with E-state index in [4.69, 9.17) is 0 Å². The molecule has 0 saturated heterocycles. The van der Waals surface area contributed by atoms with E-state index in [0.29, 0.717) is 5.69 Å². The van der Waals surface area contributed by atoms with Crippen LogP contribution in [-0.4, -0.2) is 28.0 Å². The summed E-state index contributed by atoms with van der Waals surface area (Å²) in [5.74, 6) is -10.4. The average molecular weight is 463 g/mol. The first-order valence-electron chi connectivity index (χ1n) is 8.85. The summed E-state index contributed by atoms with van der Waals surface area (Å²) in [7, 11) is -2.51. The highest BCUT2D eigenvalue weighted by Gasteiger charge is 2.29. The van der Waals surface area contributed by atoms with Crippen LogP contribution in [0.15, 0.2) is 4.90 Å². The molecule has 0 saturated carbocycles. The fourth-order valence-corrected chi connectivity index (χ4v) is 4.88. The Labute approximate surface area is 174 Å². The summed E-state index contributed by atoms with van der Waals surface area (Å²) in [6, 6.07) is 0. The van der Waals surface area contributed by atoms with Gasteiger partial charge in [-0.1, -0.05) is 0 Å². The predicted octanol–water partition coefficient (Wildman–Crippen LogP) is 3.39. The van der Waals surface area contributed by atoms with E-state index >= 15 is 0 Å². The molecule has 0 fully saturated rings. The fraction of sp³-hybridized carbons (Fsp3) is 0.333. The van der Waals surface area contributed by atoms with Gasteiger partial charge in [-0.3, -0.25) is 14.1 Å². The van der Waals surface area contributed by atoms with Gasteiger partial charge in [0.05, 0.1) is 40.6 Å². The standard InChI is InChI=1S/C18H18F5N5O2S/c1-7-17(26-31(29,30)18-8(2)24-27(5)10(18)4)9(3)28(25-7)6-11-12(19)14(21)16(23)15(22)13(11)20/h26H,6H2,1-5H3. The second-order valence-corrected chi connectivity index (χ2v) is 8.60. The molecule has 0 amide bonds. The molecule has 3 rings (SSSR count). The van der Waals surface area contributed by atoms with Crippen molar-refractivity contribution in [3.63, 3.8) is 0 Å². The minimum Gasteiger partial charge on any atom is -0.276 e. The first kappa shape index (κ1) is 22.7. The molecule has 0 spiro atoms. The van der Waals surface area contributed by atoms with Gasteiger partial charge in [0, 0.05) is 7.05 Å². The molecule has 7 nitrogen and oxygen atoms in total. The lowest BCUT2D eigenvalue weighted by Gasteiger charge is -2.11. The van der Waals surface area contributed by atoms with Crippen molar-refractivity contribution >= 4 is 15.7 Å². The van der Waals surface area contributed by atoms with Crippen molar-refractivity contribution in [1.29, 1.82) is 0 Å². The van der Waals surface area contributed by atoms with Crippen LogP contribution in [0, 0.1) is 56.8 Å². The highest BCUT2D eigenvalue weighted by atomic mass is 32.2. The number of benzene rings is 1. The van der Waals surface area contributed by atoms with E-state index in [9.17, 15) is 30.4 Å². The quantitative estimate of drug-likeness (QED) is 0.357. The summed E-state index contributed by atoms with van der Waals surface area (Å²) in [6.45, 7) is 5.12. The molecule has 0 aliphatic carbocycles. The molecule has 168 valence electrons. The van der Waals surface area contributed by atoms with E-state index < -0.39 is 51.2 Å². The maximum absolute atomic E-state index is 14.0. The van der Waals surface area contributed by atoms with Crippen LogP contribution in [0.4, 0.5) is 27.6 Å². The van der Waals surface area contributed by atoms with E-state index in [1.54, 1.807) is 14.0 Å². The van der Waals surface area contributed by atoms with Gasteiger partial charge in [0.1, 0.15) is 4.90 Å². The number of halogens is 5. The topological polar surface area (TPSA) is 81.8 Å². The third kappa shape index (κ3) is 3.66. The summed E-state index contributed by atoms with van der Waals surface area (Å²) < 4.78 is 98.8. The first-order valence-corrected chi connectivity index (χ1v) is 10.3. The summed E-state index contributed by atoms with van der Waals surface area (Å²) in [6.07, 6.45) is 0. The number of nitrogens with zero attached hydrogens (tertiary/aromatic N) is 4. The molecule has 0 unspecified atom stereocenters. The highest BCUT2D eigenvalue weighted by Crippen LogP contribution is 2.28. The molecule has 2 aromatic heterocycles. The van der Waals surface area contributed by atoms with E-state index in [-0.39, 0.29) is 27.7 Å². The van der Waals surface area contributed by atoms with Gasteiger partial charge in [-0.2, -0.15) is 10.2 Å². The lowest BCUT2D eigenvalue weighted by molar-refractivity contribution is 0.366. The van der Waals surface area contributed by atoms with E-state index in [2.05, 4.69) is 14.9 Å². The van der Waals surface area contributed by atoms with E-state index in [0.717, 1.165) is 4.68 Å². The third-order valence-electron chi connectivity index (χ3n) is 4.94. The van der Waals surface area contributed by atoms with Gasteiger partial charge in [-0.15, -0.1) is 0 Å². The lowest BCUT2D eigenvalue weighted by Crippen LogP contribution is -2.16. The van der Waals surface area contributed by atoms with Crippen LogP contribution in [-0.2, 0) is 23.6 Å². The van der Waals surface area contributed by atoms with E-state index in [1.165, 1.54) is 25.5 Å². The largest absolute Gasteiger partial charge is 0.276 e. The molecule has 1 N–H and O–H groups in total. The van der Waals surface area contributed by atoms with Gasteiger partial charge in [0.2, 0.25) is 5.82 Å². The summed E-state index contributed by atoms with van der Waals surface area (Å²) >= 11 is 0. The van der Waals surface area contributed by atoms with Crippen LogP contribution in [0.5, 0.6) is 0 Å². The normalized spacial score (nSPS) is 11.9. The number of hydrogen-bond donors (Lipinski definition) is 1. The highest BCUT2D eigenvalue weighted by molar-refractivity contribution is 7.92. The monoisotopic (exact) mass is 463 g/mol. The molecule has 0 atom stereocenters. The van der Waals surface area contributed by atoms with Crippen LogP contribution in [0.2, 0.25) is 0 Å². The lowest BCUT2D eigenvalue weighted by atomic mass is 10.1. The maximum Gasteiger partial charge on any atom is 0.265 e. The van der Waals surface area contributed by atoms with Crippen LogP contribution in [0.1, 0.15) is 28.3 Å². The summed E-state index contributed by atoms with van der Waals surface area (Å²) in [5.41, 5.74) is -0.166. The number of aryl methyl sites for hydroxylation is 3. The van der Waals surface area contributed by atoms with Gasteiger partial charge >= 0.3 is 0 Å². The zero-order valence-electron chi connectivity index (χ0n) is 17.1. The fourth-order valence-electron chi connectivity index (χ4n) is 3.27. The van der Waals surface area contributed by atoms with Crippen molar-refractivity contribution in [2.24, 2.45) is 7.05 Å². The number of hydrogen-bond acceptors (Lipinski definition) is 4. The summed E-state index contributed by atoms with van der Waals surface area (Å²) in [5, 5.41) is 8.05. The predicted molar refractivity (Wildman–Crippen MR) is 101 cm³/mol. The Bertz CT molecular complexity index is 1280. The number of sulfonamides is 1. The summed E-state index contributed by atoms with van der Waals surface area (Å²) in [4.78, 5) is -0.0404. The SMILES string of the molecule is Cc1nn(Cc2c(F)c(F)c(F)c(F)c2F)c(C)c1NS(=O)(=O)c1c(C)nn(C)c1C. The van der Waals surface area contributed by atoms with Gasteiger partial charge in [0.25, 0.3) is 10.0 Å². The van der Waals surface area contributed by atoms with Gasteiger partial charge in [-0.05, 0) is 27.7 Å². The second-order valence-electron chi connectivity index (χ2n) is 6.98. The molecule has 3 aromatic rings. The number of rotatable bonds is 5. The zero-order valence-corrected chi connectivity index (χ0v) is 17.9. The minimum absolute atomic E-state index is 0.0199. The van der Waals surface area contributed by atoms with Gasteiger partial charge in [0.15, 0.2) is 23.3 Å². The van der Waals surface area contributed by atoms with Crippen LogP contribution >= 0.6 is 0 Å². The minimum atomic E-state index is -4.10. The average Bonchev–Trinajstić information content (AvgIpc) is 3.10. The van der Waals surface area contributed by atoms with Crippen molar-refractivity contribution < 1.29 is 30.4 Å². The Kier molecular flexibility index (Phi) is 5.59.